The molecular formula is C16H23N3O. The first-order valence-electron chi connectivity index (χ1n) is 7.61. The highest BCUT2D eigenvalue weighted by atomic mass is 16.1. The fourth-order valence-corrected chi connectivity index (χ4v) is 3.72. The monoisotopic (exact) mass is 273 g/mol. The summed E-state index contributed by atoms with van der Waals surface area (Å²) < 4.78 is 0. The van der Waals surface area contributed by atoms with E-state index in [1.807, 2.05) is 19.1 Å². The maximum atomic E-state index is 11.8. The van der Waals surface area contributed by atoms with Crippen LogP contribution in [0.4, 0.5) is 11.4 Å². The molecule has 3 unspecified atom stereocenters. The van der Waals surface area contributed by atoms with E-state index in [0.29, 0.717) is 23.8 Å². The smallest absolute Gasteiger partial charge is 0.251 e. The molecule has 0 aliphatic heterocycles. The largest absolute Gasteiger partial charge is 0.397 e. The molecule has 2 aliphatic rings. The van der Waals surface area contributed by atoms with E-state index in [9.17, 15) is 4.79 Å². The van der Waals surface area contributed by atoms with Crippen LogP contribution in [0.2, 0.25) is 0 Å². The summed E-state index contributed by atoms with van der Waals surface area (Å²) in [7, 11) is 0. The second-order valence-electron chi connectivity index (χ2n) is 6.09. The number of benzene rings is 1. The van der Waals surface area contributed by atoms with Crippen molar-refractivity contribution < 1.29 is 4.79 Å². The summed E-state index contributed by atoms with van der Waals surface area (Å²) in [6.07, 6.45) is 5.38. The van der Waals surface area contributed by atoms with Gasteiger partial charge >= 0.3 is 0 Å². The van der Waals surface area contributed by atoms with E-state index in [-0.39, 0.29) is 5.91 Å². The molecule has 0 saturated heterocycles. The van der Waals surface area contributed by atoms with Gasteiger partial charge in [-0.1, -0.05) is 6.42 Å². The van der Waals surface area contributed by atoms with Gasteiger partial charge in [0, 0.05) is 18.2 Å². The SMILES string of the molecule is CCNC(=O)c1ccc(NC2CC3CCC2C3)c(N)c1. The number of nitrogens with two attached hydrogens (primary N) is 1. The van der Waals surface area contributed by atoms with Crippen molar-refractivity contribution in [2.45, 2.75) is 38.6 Å². The van der Waals surface area contributed by atoms with Crippen LogP contribution in [0.5, 0.6) is 0 Å². The summed E-state index contributed by atoms with van der Waals surface area (Å²) in [5, 5.41) is 6.37. The Morgan fingerprint density at radius 3 is 2.80 bits per heavy atom. The molecule has 3 atom stereocenters. The number of carbonyl (C=O) groups is 1. The minimum Gasteiger partial charge on any atom is -0.397 e. The first-order chi connectivity index (χ1) is 9.67. The van der Waals surface area contributed by atoms with Crippen molar-refractivity contribution in [1.29, 1.82) is 0 Å². The molecule has 2 bridgehead atoms. The van der Waals surface area contributed by atoms with Gasteiger partial charge in [0.1, 0.15) is 0 Å². The predicted molar refractivity (Wildman–Crippen MR) is 81.7 cm³/mol. The summed E-state index contributed by atoms with van der Waals surface area (Å²) in [4.78, 5) is 11.8. The van der Waals surface area contributed by atoms with Crippen molar-refractivity contribution in [2.75, 3.05) is 17.6 Å². The topological polar surface area (TPSA) is 67.2 Å². The number of anilines is 2. The summed E-state index contributed by atoms with van der Waals surface area (Å²) in [5.41, 5.74) is 8.35. The van der Waals surface area contributed by atoms with E-state index >= 15 is 0 Å². The van der Waals surface area contributed by atoms with Gasteiger partial charge in [0.2, 0.25) is 0 Å². The molecule has 1 aromatic rings. The molecule has 2 saturated carbocycles. The van der Waals surface area contributed by atoms with Crippen LogP contribution in [0, 0.1) is 11.8 Å². The molecule has 108 valence electrons. The molecule has 2 fully saturated rings. The van der Waals surface area contributed by atoms with Crippen molar-refractivity contribution in [3.05, 3.63) is 23.8 Å². The lowest BCUT2D eigenvalue weighted by Gasteiger charge is -2.24. The summed E-state index contributed by atoms with van der Waals surface area (Å²) in [6.45, 7) is 2.54. The zero-order valence-corrected chi connectivity index (χ0v) is 12.0. The van der Waals surface area contributed by atoms with Crippen LogP contribution in [-0.2, 0) is 0 Å². The Hall–Kier alpha value is -1.71. The Morgan fingerprint density at radius 2 is 2.20 bits per heavy atom. The highest BCUT2D eigenvalue weighted by Crippen LogP contribution is 2.45. The van der Waals surface area contributed by atoms with Gasteiger partial charge in [0.25, 0.3) is 5.91 Å². The van der Waals surface area contributed by atoms with Gasteiger partial charge < -0.3 is 16.4 Å². The summed E-state index contributed by atoms with van der Waals surface area (Å²) >= 11 is 0. The molecule has 3 rings (SSSR count). The number of hydrogen-bond donors (Lipinski definition) is 3. The number of nitrogen functional groups attached to an aromatic ring is 1. The van der Waals surface area contributed by atoms with Crippen molar-refractivity contribution in [3.63, 3.8) is 0 Å². The lowest BCUT2D eigenvalue weighted by atomic mass is 9.95. The van der Waals surface area contributed by atoms with E-state index < -0.39 is 0 Å². The number of fused-ring (bicyclic) bond motifs is 2. The molecule has 1 aromatic carbocycles. The quantitative estimate of drug-likeness (QED) is 0.739. The summed E-state index contributed by atoms with van der Waals surface area (Å²) in [5.74, 6) is 1.65. The molecule has 20 heavy (non-hydrogen) atoms. The average molecular weight is 273 g/mol. The predicted octanol–water partition coefficient (Wildman–Crippen LogP) is 2.62. The first kappa shape index (κ1) is 13.3. The second-order valence-corrected chi connectivity index (χ2v) is 6.09. The van der Waals surface area contributed by atoms with Crippen LogP contribution in [0.25, 0.3) is 0 Å². The Labute approximate surface area is 120 Å². The highest BCUT2D eigenvalue weighted by Gasteiger charge is 2.39. The lowest BCUT2D eigenvalue weighted by molar-refractivity contribution is 0.0956. The Kier molecular flexibility index (Phi) is 3.55. The average Bonchev–Trinajstić information content (AvgIpc) is 3.03. The van der Waals surface area contributed by atoms with Gasteiger partial charge in [-0.2, -0.15) is 0 Å². The zero-order chi connectivity index (χ0) is 14.1. The Bertz CT molecular complexity index is 514. The molecule has 0 heterocycles. The zero-order valence-electron chi connectivity index (χ0n) is 12.0. The summed E-state index contributed by atoms with van der Waals surface area (Å²) in [6, 6.07) is 6.11. The Balaban J connectivity index is 1.70. The van der Waals surface area contributed by atoms with Crippen molar-refractivity contribution in [1.82, 2.24) is 5.32 Å². The highest BCUT2D eigenvalue weighted by molar-refractivity contribution is 5.96. The maximum Gasteiger partial charge on any atom is 0.251 e. The standard InChI is InChI=1S/C16H23N3O/c1-2-18-16(20)12-5-6-14(13(17)9-12)19-15-8-10-3-4-11(15)7-10/h5-6,9-11,15,19H,2-4,7-8,17H2,1H3,(H,18,20). The van der Waals surface area contributed by atoms with Crippen LogP contribution in [0.3, 0.4) is 0 Å². The molecule has 0 aromatic heterocycles. The van der Waals surface area contributed by atoms with Crippen molar-refractivity contribution in [3.8, 4) is 0 Å². The van der Waals surface area contributed by atoms with Gasteiger partial charge in [-0.05, 0) is 56.2 Å². The molecular weight excluding hydrogens is 250 g/mol. The van der Waals surface area contributed by atoms with Gasteiger partial charge in [0.15, 0.2) is 0 Å². The van der Waals surface area contributed by atoms with Crippen LogP contribution in [0.15, 0.2) is 18.2 Å². The van der Waals surface area contributed by atoms with Crippen molar-refractivity contribution in [2.24, 2.45) is 11.8 Å². The fraction of sp³-hybridized carbons (Fsp3) is 0.562. The Morgan fingerprint density at radius 1 is 1.35 bits per heavy atom. The molecule has 1 amide bonds. The van der Waals surface area contributed by atoms with E-state index in [1.165, 1.54) is 25.7 Å². The van der Waals surface area contributed by atoms with Crippen LogP contribution < -0.4 is 16.4 Å². The fourth-order valence-electron chi connectivity index (χ4n) is 3.72. The maximum absolute atomic E-state index is 11.8. The molecule has 4 nitrogen and oxygen atoms in total. The van der Waals surface area contributed by atoms with Crippen LogP contribution in [-0.4, -0.2) is 18.5 Å². The normalized spacial score (nSPS) is 27.6. The molecule has 0 spiro atoms. The third kappa shape index (κ3) is 2.47. The first-order valence-corrected chi connectivity index (χ1v) is 7.61. The van der Waals surface area contributed by atoms with Gasteiger partial charge in [-0.3, -0.25) is 4.79 Å². The van der Waals surface area contributed by atoms with E-state index in [2.05, 4.69) is 10.6 Å². The number of carbonyl (C=O) groups excluding carboxylic acids is 1. The second kappa shape index (κ2) is 5.35. The van der Waals surface area contributed by atoms with E-state index in [1.54, 1.807) is 6.07 Å². The van der Waals surface area contributed by atoms with Crippen LogP contribution >= 0.6 is 0 Å². The van der Waals surface area contributed by atoms with E-state index in [4.69, 9.17) is 5.73 Å². The molecule has 4 N–H and O–H groups in total. The van der Waals surface area contributed by atoms with Crippen LogP contribution in [0.1, 0.15) is 43.0 Å². The minimum atomic E-state index is -0.0642. The molecule has 0 radical (unpaired) electrons. The molecule has 2 aliphatic carbocycles. The third-order valence-corrected chi connectivity index (χ3v) is 4.73. The number of amides is 1. The van der Waals surface area contributed by atoms with E-state index in [0.717, 1.165) is 17.5 Å². The lowest BCUT2D eigenvalue weighted by Crippen LogP contribution is -2.26. The van der Waals surface area contributed by atoms with Gasteiger partial charge in [-0.15, -0.1) is 0 Å². The van der Waals surface area contributed by atoms with Gasteiger partial charge in [-0.25, -0.2) is 0 Å². The van der Waals surface area contributed by atoms with Gasteiger partial charge in [0.05, 0.1) is 11.4 Å². The van der Waals surface area contributed by atoms with Crippen molar-refractivity contribution >= 4 is 17.3 Å². The molecule has 4 heteroatoms. The number of hydrogen-bond acceptors (Lipinski definition) is 3. The number of nitrogens with one attached hydrogen (secondary N) is 2. The third-order valence-electron chi connectivity index (χ3n) is 4.73. The minimum absolute atomic E-state index is 0.0642. The number of rotatable bonds is 4.